The van der Waals surface area contributed by atoms with E-state index in [0.29, 0.717) is 13.0 Å². The van der Waals surface area contributed by atoms with Crippen LogP contribution in [0.25, 0.3) is 0 Å². The quantitative estimate of drug-likeness (QED) is 0.463. The van der Waals surface area contributed by atoms with Crippen LogP contribution in [-0.2, 0) is 0 Å². The van der Waals surface area contributed by atoms with E-state index in [1.807, 2.05) is 0 Å². The monoisotopic (exact) mass is 147 g/mol. The van der Waals surface area contributed by atoms with Crippen LogP contribution in [0.3, 0.4) is 0 Å². The molecule has 3 N–H and O–H groups in total. The molecule has 0 amide bonds. The summed E-state index contributed by atoms with van der Waals surface area (Å²) in [5, 5.41) is 28.0. The zero-order valence-corrected chi connectivity index (χ0v) is 5.99. The van der Waals surface area contributed by atoms with Crippen LogP contribution in [0.2, 0.25) is 0 Å². The number of rotatable bonds is 1. The summed E-state index contributed by atoms with van der Waals surface area (Å²) in [7, 11) is 0. The van der Waals surface area contributed by atoms with Gasteiger partial charge >= 0.3 is 0 Å². The van der Waals surface area contributed by atoms with Gasteiger partial charge in [-0.1, -0.05) is 6.92 Å². The summed E-state index contributed by atoms with van der Waals surface area (Å²) in [5.41, 5.74) is -1.40. The summed E-state index contributed by atoms with van der Waals surface area (Å²) in [4.78, 5) is 0. The topological polar surface area (TPSA) is 63.9 Å². The second-order valence-electron chi connectivity index (χ2n) is 2.85. The van der Waals surface area contributed by atoms with Crippen molar-refractivity contribution in [1.82, 2.24) is 5.06 Å². The third kappa shape index (κ3) is 0.932. The van der Waals surface area contributed by atoms with Crippen molar-refractivity contribution in [2.75, 3.05) is 13.2 Å². The Labute approximate surface area is 59.7 Å². The Bertz CT molecular complexity index is 118. The van der Waals surface area contributed by atoms with Crippen LogP contribution in [-0.4, -0.2) is 39.4 Å². The summed E-state index contributed by atoms with van der Waals surface area (Å²) in [6.07, 6.45) is 0.716. The maximum Gasteiger partial charge on any atom is 0.165 e. The van der Waals surface area contributed by atoms with Gasteiger partial charge < -0.3 is 15.4 Å². The molecule has 0 aromatic carbocycles. The van der Waals surface area contributed by atoms with Gasteiger partial charge in [0.15, 0.2) is 5.72 Å². The highest BCUT2D eigenvalue weighted by molar-refractivity contribution is 4.86. The number of hydrogen-bond donors (Lipinski definition) is 3. The van der Waals surface area contributed by atoms with Crippen LogP contribution >= 0.6 is 0 Å². The van der Waals surface area contributed by atoms with Gasteiger partial charge in [-0.3, -0.25) is 0 Å². The second kappa shape index (κ2) is 2.47. The molecule has 60 valence electrons. The minimum absolute atomic E-state index is 0.0671. The fourth-order valence-electron chi connectivity index (χ4n) is 1.23. The van der Waals surface area contributed by atoms with Gasteiger partial charge in [0, 0.05) is 12.5 Å². The fraction of sp³-hybridized carbons (Fsp3) is 1.00. The smallest absolute Gasteiger partial charge is 0.165 e. The van der Waals surface area contributed by atoms with Crippen LogP contribution < -0.4 is 0 Å². The van der Waals surface area contributed by atoms with Crippen molar-refractivity contribution < 1.29 is 15.4 Å². The molecule has 1 fully saturated rings. The lowest BCUT2D eigenvalue weighted by atomic mass is 10.0. The Balaban J connectivity index is 2.70. The van der Waals surface area contributed by atoms with Crippen LogP contribution in [0.15, 0.2) is 0 Å². The van der Waals surface area contributed by atoms with Crippen molar-refractivity contribution in [3.05, 3.63) is 0 Å². The highest BCUT2D eigenvalue weighted by Crippen LogP contribution is 2.29. The summed E-state index contributed by atoms with van der Waals surface area (Å²) < 4.78 is 0. The molecule has 1 rings (SSSR count). The number of aliphatic hydroxyl groups excluding tert-OH is 1. The molecule has 0 spiro atoms. The van der Waals surface area contributed by atoms with Crippen molar-refractivity contribution in [3.63, 3.8) is 0 Å². The molecule has 4 nitrogen and oxygen atoms in total. The van der Waals surface area contributed by atoms with Crippen molar-refractivity contribution in [2.45, 2.75) is 19.1 Å². The van der Waals surface area contributed by atoms with Crippen LogP contribution in [0, 0.1) is 5.92 Å². The zero-order valence-electron chi connectivity index (χ0n) is 5.99. The number of aliphatic hydroxyl groups is 2. The molecule has 0 aromatic heterocycles. The number of hydrogen-bond acceptors (Lipinski definition) is 4. The molecule has 10 heavy (non-hydrogen) atoms. The largest absolute Gasteiger partial charge is 0.392 e. The van der Waals surface area contributed by atoms with Gasteiger partial charge in [0.05, 0.1) is 6.61 Å². The highest BCUT2D eigenvalue weighted by Gasteiger charge is 2.44. The van der Waals surface area contributed by atoms with E-state index in [2.05, 4.69) is 0 Å². The minimum atomic E-state index is -1.40. The van der Waals surface area contributed by atoms with Crippen molar-refractivity contribution in [1.29, 1.82) is 0 Å². The van der Waals surface area contributed by atoms with Crippen LogP contribution in [0.4, 0.5) is 0 Å². The first-order valence-electron chi connectivity index (χ1n) is 3.41. The summed E-state index contributed by atoms with van der Waals surface area (Å²) >= 11 is 0. The van der Waals surface area contributed by atoms with Gasteiger partial charge in [-0.05, 0) is 6.42 Å². The molecule has 2 atom stereocenters. The molecule has 1 heterocycles. The molecular weight excluding hydrogens is 134 g/mol. The third-order valence-electron chi connectivity index (χ3n) is 2.24. The van der Waals surface area contributed by atoms with E-state index in [-0.39, 0.29) is 5.92 Å². The Morgan fingerprint density at radius 1 is 1.70 bits per heavy atom. The Hall–Kier alpha value is -0.160. The lowest BCUT2D eigenvalue weighted by molar-refractivity contribution is -0.264. The predicted molar refractivity (Wildman–Crippen MR) is 34.3 cm³/mol. The molecule has 1 saturated heterocycles. The SMILES string of the molecule is CC1CCN(O)C1(O)CO. The van der Waals surface area contributed by atoms with Gasteiger partial charge in [-0.2, -0.15) is 5.06 Å². The number of nitrogens with zero attached hydrogens (tertiary/aromatic N) is 1. The van der Waals surface area contributed by atoms with E-state index in [4.69, 9.17) is 10.3 Å². The second-order valence-corrected chi connectivity index (χ2v) is 2.85. The Morgan fingerprint density at radius 3 is 2.50 bits per heavy atom. The molecule has 1 aliphatic rings. The summed E-state index contributed by atoms with van der Waals surface area (Å²) in [6, 6.07) is 0. The van der Waals surface area contributed by atoms with Crippen LogP contribution in [0.1, 0.15) is 13.3 Å². The normalized spacial score (nSPS) is 42.6. The van der Waals surface area contributed by atoms with E-state index in [0.717, 1.165) is 5.06 Å². The van der Waals surface area contributed by atoms with E-state index >= 15 is 0 Å². The van der Waals surface area contributed by atoms with Crippen molar-refractivity contribution >= 4 is 0 Å². The van der Waals surface area contributed by atoms with E-state index in [1.54, 1.807) is 6.92 Å². The lowest BCUT2D eigenvalue weighted by Gasteiger charge is -2.29. The third-order valence-corrected chi connectivity index (χ3v) is 2.24. The first-order valence-corrected chi connectivity index (χ1v) is 3.41. The van der Waals surface area contributed by atoms with Gasteiger partial charge in [0.25, 0.3) is 0 Å². The zero-order chi connectivity index (χ0) is 7.78. The average Bonchev–Trinajstić information content (AvgIpc) is 2.18. The van der Waals surface area contributed by atoms with Gasteiger partial charge in [0.2, 0.25) is 0 Å². The Kier molecular flexibility index (Phi) is 1.96. The Morgan fingerprint density at radius 2 is 2.30 bits per heavy atom. The van der Waals surface area contributed by atoms with Gasteiger partial charge in [-0.25, -0.2) is 0 Å². The van der Waals surface area contributed by atoms with E-state index in [1.165, 1.54) is 0 Å². The molecule has 4 heteroatoms. The maximum absolute atomic E-state index is 9.46. The van der Waals surface area contributed by atoms with Gasteiger partial charge in [0.1, 0.15) is 0 Å². The van der Waals surface area contributed by atoms with Crippen molar-refractivity contribution in [2.24, 2.45) is 5.92 Å². The van der Waals surface area contributed by atoms with E-state index < -0.39 is 12.3 Å². The average molecular weight is 147 g/mol. The molecular formula is C6H13NO3. The molecule has 0 saturated carbocycles. The van der Waals surface area contributed by atoms with Gasteiger partial charge in [-0.15, -0.1) is 0 Å². The molecule has 0 aliphatic carbocycles. The first kappa shape index (κ1) is 7.94. The lowest BCUT2D eigenvalue weighted by Crippen LogP contribution is -2.48. The molecule has 2 unspecified atom stereocenters. The number of hydroxylamine groups is 2. The molecule has 1 aliphatic heterocycles. The summed E-state index contributed by atoms with van der Waals surface area (Å²) in [5.74, 6) is -0.0671. The van der Waals surface area contributed by atoms with Crippen molar-refractivity contribution in [3.8, 4) is 0 Å². The fourth-order valence-corrected chi connectivity index (χ4v) is 1.23. The van der Waals surface area contributed by atoms with Crippen LogP contribution in [0.5, 0.6) is 0 Å². The molecule has 0 bridgehead atoms. The minimum Gasteiger partial charge on any atom is -0.392 e. The first-order chi connectivity index (χ1) is 4.61. The maximum atomic E-state index is 9.46. The molecule has 0 radical (unpaired) electrons. The summed E-state index contributed by atoms with van der Waals surface area (Å²) in [6.45, 7) is 1.81. The van der Waals surface area contributed by atoms with E-state index in [9.17, 15) is 5.11 Å². The molecule has 0 aromatic rings. The predicted octanol–water partition coefficient (Wildman–Crippen LogP) is -0.602. The standard InChI is InChI=1S/C6H13NO3/c1-5-2-3-7(10)6(5,9)4-8/h5,8-10H,2-4H2,1H3. The highest BCUT2D eigenvalue weighted by atomic mass is 16.6.